The predicted octanol–water partition coefficient (Wildman–Crippen LogP) is 4.01. The second-order valence-corrected chi connectivity index (χ2v) is 5.60. The van der Waals surface area contributed by atoms with Crippen LogP contribution in [0.4, 0.5) is 0 Å². The zero-order valence-electron chi connectivity index (χ0n) is 10.4. The first-order valence-corrected chi connectivity index (χ1v) is 6.83. The van der Waals surface area contributed by atoms with Gasteiger partial charge in [-0.15, -0.1) is 0 Å². The van der Waals surface area contributed by atoms with Gasteiger partial charge in [0.15, 0.2) is 0 Å². The van der Waals surface area contributed by atoms with Crippen molar-refractivity contribution >= 4 is 22.6 Å². The molecule has 0 radical (unpaired) electrons. The van der Waals surface area contributed by atoms with Crippen LogP contribution < -0.4 is 5.43 Å². The quantitative estimate of drug-likeness (QED) is 0.836. The highest BCUT2D eigenvalue weighted by Gasteiger charge is 2.07. The number of nitrogens with zero attached hydrogens (tertiary/aromatic N) is 1. The van der Waals surface area contributed by atoms with Crippen LogP contribution >= 0.6 is 22.6 Å². The van der Waals surface area contributed by atoms with Gasteiger partial charge in [0.25, 0.3) is 0 Å². The van der Waals surface area contributed by atoms with Crippen molar-refractivity contribution < 1.29 is 0 Å². The van der Waals surface area contributed by atoms with E-state index in [2.05, 4.69) is 89.9 Å². The molecule has 90 valence electrons. The number of hydrogen-bond donors (Lipinski definition) is 1. The third kappa shape index (κ3) is 2.83. The van der Waals surface area contributed by atoms with E-state index in [0.717, 1.165) is 0 Å². The summed E-state index contributed by atoms with van der Waals surface area (Å²) in [5.74, 6) is 0. The Morgan fingerprint density at radius 2 is 1.53 bits per heavy atom. The third-order valence-electron chi connectivity index (χ3n) is 2.96. The molecule has 3 heteroatoms. The van der Waals surface area contributed by atoms with Crippen molar-refractivity contribution in [3.05, 3.63) is 56.9 Å². The Hall–Kier alpha value is -0.970. The summed E-state index contributed by atoms with van der Waals surface area (Å²) < 4.78 is 3.41. The van der Waals surface area contributed by atoms with Crippen molar-refractivity contribution in [3.63, 3.8) is 0 Å². The van der Waals surface area contributed by atoms with Crippen LogP contribution in [0.25, 0.3) is 0 Å². The minimum atomic E-state index is 0.303. The number of hydrogen-bond acceptors (Lipinski definition) is 1. The molecule has 0 spiro atoms. The third-order valence-corrected chi connectivity index (χ3v) is 3.68. The lowest BCUT2D eigenvalue weighted by Crippen LogP contribution is -2.20. The summed E-state index contributed by atoms with van der Waals surface area (Å²) in [5.41, 5.74) is 7.28. The maximum atomic E-state index is 3.51. The first-order valence-electron chi connectivity index (χ1n) is 5.75. The summed E-state index contributed by atoms with van der Waals surface area (Å²) in [6, 6.07) is 13.2. The van der Waals surface area contributed by atoms with Gasteiger partial charge in [0.1, 0.15) is 0 Å². The van der Waals surface area contributed by atoms with Gasteiger partial charge in [-0.3, -0.25) is 4.68 Å². The van der Waals surface area contributed by atoms with E-state index in [4.69, 9.17) is 0 Å². The Balaban J connectivity index is 2.17. The van der Waals surface area contributed by atoms with Crippen LogP contribution in [0.5, 0.6) is 0 Å². The molecular weight excluding hydrogens is 323 g/mol. The standard InChI is InChI=1S/C14H17IN2/c1-10-4-5-11(2)17(10)16-12(3)13-6-8-14(15)9-7-13/h4-9,12,16H,1-3H3. The first-order chi connectivity index (χ1) is 8.08. The molecular formula is C14H17IN2. The molecule has 0 fully saturated rings. The van der Waals surface area contributed by atoms with Gasteiger partial charge in [-0.25, -0.2) is 0 Å². The van der Waals surface area contributed by atoms with Crippen LogP contribution in [-0.4, -0.2) is 4.68 Å². The van der Waals surface area contributed by atoms with E-state index in [1.165, 1.54) is 20.5 Å². The van der Waals surface area contributed by atoms with Gasteiger partial charge in [-0.2, -0.15) is 0 Å². The fourth-order valence-electron chi connectivity index (χ4n) is 1.89. The van der Waals surface area contributed by atoms with Crippen molar-refractivity contribution in [2.75, 3.05) is 5.43 Å². The topological polar surface area (TPSA) is 17.0 Å². The monoisotopic (exact) mass is 340 g/mol. The van der Waals surface area contributed by atoms with Crippen molar-refractivity contribution in [3.8, 4) is 0 Å². The van der Waals surface area contributed by atoms with Crippen molar-refractivity contribution in [1.29, 1.82) is 0 Å². The van der Waals surface area contributed by atoms with Crippen LogP contribution in [0.15, 0.2) is 36.4 Å². The van der Waals surface area contributed by atoms with Gasteiger partial charge >= 0.3 is 0 Å². The van der Waals surface area contributed by atoms with Gasteiger partial charge in [0, 0.05) is 15.0 Å². The molecule has 2 rings (SSSR count). The average Bonchev–Trinajstić information content (AvgIpc) is 2.61. The van der Waals surface area contributed by atoms with Gasteiger partial charge in [-0.1, -0.05) is 12.1 Å². The number of nitrogens with one attached hydrogen (secondary N) is 1. The van der Waals surface area contributed by atoms with Gasteiger partial charge in [-0.05, 0) is 73.2 Å². The number of aryl methyl sites for hydroxylation is 2. The maximum Gasteiger partial charge on any atom is 0.0645 e. The summed E-state index contributed by atoms with van der Waals surface area (Å²) in [5, 5.41) is 0. The largest absolute Gasteiger partial charge is 0.319 e. The maximum absolute atomic E-state index is 3.51. The fourth-order valence-corrected chi connectivity index (χ4v) is 2.25. The number of benzene rings is 1. The highest BCUT2D eigenvalue weighted by molar-refractivity contribution is 14.1. The zero-order valence-corrected chi connectivity index (χ0v) is 12.5. The van der Waals surface area contributed by atoms with E-state index in [1.54, 1.807) is 0 Å². The molecule has 2 nitrogen and oxygen atoms in total. The van der Waals surface area contributed by atoms with E-state index in [9.17, 15) is 0 Å². The molecule has 1 heterocycles. The highest BCUT2D eigenvalue weighted by atomic mass is 127. The molecule has 1 aromatic carbocycles. The van der Waals surface area contributed by atoms with E-state index in [-0.39, 0.29) is 0 Å². The summed E-state index contributed by atoms with van der Waals surface area (Å²) in [6.07, 6.45) is 0. The molecule has 1 aromatic heterocycles. The molecule has 1 unspecified atom stereocenters. The second kappa shape index (κ2) is 5.12. The number of halogens is 1. The minimum absolute atomic E-state index is 0.303. The van der Waals surface area contributed by atoms with Crippen molar-refractivity contribution in [2.45, 2.75) is 26.8 Å². The van der Waals surface area contributed by atoms with Gasteiger partial charge in [0.2, 0.25) is 0 Å². The van der Waals surface area contributed by atoms with Crippen molar-refractivity contribution in [1.82, 2.24) is 4.68 Å². The highest BCUT2D eigenvalue weighted by Crippen LogP contribution is 2.17. The zero-order chi connectivity index (χ0) is 12.4. The molecule has 0 aliphatic heterocycles. The predicted molar refractivity (Wildman–Crippen MR) is 80.8 cm³/mol. The Morgan fingerprint density at radius 1 is 1.00 bits per heavy atom. The van der Waals surface area contributed by atoms with Crippen LogP contribution in [0, 0.1) is 17.4 Å². The Labute approximate surface area is 116 Å². The summed E-state index contributed by atoms with van der Waals surface area (Å²) in [7, 11) is 0. The summed E-state index contributed by atoms with van der Waals surface area (Å²) >= 11 is 2.33. The summed E-state index contributed by atoms with van der Waals surface area (Å²) in [4.78, 5) is 0. The van der Waals surface area contributed by atoms with Crippen LogP contribution in [0.2, 0.25) is 0 Å². The Morgan fingerprint density at radius 3 is 2.06 bits per heavy atom. The number of rotatable bonds is 3. The molecule has 0 aliphatic rings. The van der Waals surface area contributed by atoms with E-state index in [0.29, 0.717) is 6.04 Å². The molecule has 0 saturated carbocycles. The lowest BCUT2D eigenvalue weighted by Gasteiger charge is -2.19. The van der Waals surface area contributed by atoms with Crippen molar-refractivity contribution in [2.24, 2.45) is 0 Å². The lowest BCUT2D eigenvalue weighted by atomic mass is 10.1. The molecule has 0 saturated heterocycles. The first kappa shape index (κ1) is 12.5. The van der Waals surface area contributed by atoms with Crippen LogP contribution in [0.3, 0.4) is 0 Å². The Bertz CT molecular complexity index is 480. The molecule has 1 atom stereocenters. The second-order valence-electron chi connectivity index (χ2n) is 4.35. The molecule has 0 aliphatic carbocycles. The molecule has 17 heavy (non-hydrogen) atoms. The summed E-state index contributed by atoms with van der Waals surface area (Å²) in [6.45, 7) is 6.41. The smallest absolute Gasteiger partial charge is 0.0645 e. The fraction of sp³-hybridized carbons (Fsp3) is 0.286. The SMILES string of the molecule is Cc1ccc(C)n1NC(C)c1ccc(I)cc1. The van der Waals surface area contributed by atoms with Crippen LogP contribution in [0.1, 0.15) is 29.9 Å². The van der Waals surface area contributed by atoms with E-state index in [1.807, 2.05) is 0 Å². The minimum Gasteiger partial charge on any atom is -0.319 e. The van der Waals surface area contributed by atoms with Crippen LogP contribution in [-0.2, 0) is 0 Å². The normalized spacial score (nSPS) is 12.5. The lowest BCUT2D eigenvalue weighted by molar-refractivity contribution is 0.699. The average molecular weight is 340 g/mol. The van der Waals surface area contributed by atoms with Gasteiger partial charge < -0.3 is 5.43 Å². The molecule has 1 N–H and O–H groups in total. The molecule has 2 aromatic rings. The molecule has 0 amide bonds. The van der Waals surface area contributed by atoms with Gasteiger partial charge in [0.05, 0.1) is 6.04 Å². The number of aromatic nitrogens is 1. The Kier molecular flexibility index (Phi) is 3.76. The van der Waals surface area contributed by atoms with E-state index >= 15 is 0 Å². The van der Waals surface area contributed by atoms with E-state index < -0.39 is 0 Å². The molecule has 0 bridgehead atoms.